The number of rotatable bonds is 1. The van der Waals surface area contributed by atoms with E-state index in [0.717, 1.165) is 12.1 Å². The fourth-order valence-corrected chi connectivity index (χ4v) is 0.732. The molecule has 1 aromatic carbocycles. The number of hydrogen-bond donors (Lipinski definition) is 1. The van der Waals surface area contributed by atoms with Gasteiger partial charge in [-0.25, -0.2) is 4.39 Å². The van der Waals surface area contributed by atoms with Crippen molar-refractivity contribution in [2.45, 2.75) is 6.05 Å². The molecule has 1 rings (SSSR count). The van der Waals surface area contributed by atoms with Crippen LogP contribution >= 0.6 is 0 Å². The van der Waals surface area contributed by atoms with E-state index in [0.29, 0.717) is 0 Å². The zero-order valence-electron chi connectivity index (χ0n) is 5.52. The topological polar surface area (TPSA) is 26.0 Å². The van der Waals surface area contributed by atoms with Gasteiger partial charge in [0.25, 0.3) is 0 Å². The molecule has 0 saturated heterocycles. The van der Waals surface area contributed by atoms with Crippen molar-refractivity contribution in [1.82, 2.24) is 0 Å². The van der Waals surface area contributed by atoms with Gasteiger partial charge in [-0.05, 0) is 12.1 Å². The zero-order valence-corrected chi connectivity index (χ0v) is 5.52. The molecule has 60 valence electrons. The van der Waals surface area contributed by atoms with Gasteiger partial charge in [-0.1, -0.05) is 12.1 Å². The van der Waals surface area contributed by atoms with Crippen LogP contribution in [0.1, 0.15) is 5.56 Å². The van der Waals surface area contributed by atoms with Crippen molar-refractivity contribution >= 4 is 0 Å². The summed E-state index contributed by atoms with van der Waals surface area (Å²) in [7, 11) is 0. The van der Waals surface area contributed by atoms with E-state index in [-0.39, 0.29) is 0 Å². The third-order valence-corrected chi connectivity index (χ3v) is 1.23. The van der Waals surface area contributed by atoms with Crippen LogP contribution in [0.2, 0.25) is 0 Å². The van der Waals surface area contributed by atoms with Gasteiger partial charge in [-0.3, -0.25) is 5.73 Å². The predicted molar refractivity (Wildman–Crippen MR) is 34.5 cm³/mol. The molecule has 0 aliphatic carbocycles. The lowest BCUT2D eigenvalue weighted by atomic mass is 10.2. The molecule has 0 aliphatic rings. The van der Waals surface area contributed by atoms with E-state index >= 15 is 0 Å². The Kier molecular flexibility index (Phi) is 1.87. The summed E-state index contributed by atoms with van der Waals surface area (Å²) in [5, 5.41) is 0. The molecule has 1 nitrogen and oxygen atoms in total. The highest BCUT2D eigenvalue weighted by molar-refractivity contribution is 5.20. The predicted octanol–water partition coefficient (Wildman–Crippen LogP) is 1.83. The van der Waals surface area contributed by atoms with Gasteiger partial charge in [0, 0.05) is 0 Å². The molecule has 11 heavy (non-hydrogen) atoms. The van der Waals surface area contributed by atoms with Crippen LogP contribution < -0.4 is 5.73 Å². The van der Waals surface area contributed by atoms with Crippen LogP contribution in [0.3, 0.4) is 0 Å². The first kappa shape index (κ1) is 8.07. The maximum Gasteiger partial charge on any atom is 0.329 e. The first-order valence-corrected chi connectivity index (χ1v) is 2.93. The second-order valence-corrected chi connectivity index (χ2v) is 2.10. The molecule has 0 atom stereocenters. The first-order chi connectivity index (χ1) is 5.02. The first-order valence-electron chi connectivity index (χ1n) is 2.93. The average Bonchev–Trinajstić information content (AvgIpc) is 1.86. The monoisotopic (exact) mass is 161 g/mol. The van der Waals surface area contributed by atoms with Crippen molar-refractivity contribution in [2.75, 3.05) is 0 Å². The molecule has 0 unspecified atom stereocenters. The Hall–Kier alpha value is -1.03. The molecular weight excluding hydrogens is 155 g/mol. The van der Waals surface area contributed by atoms with Crippen molar-refractivity contribution < 1.29 is 13.2 Å². The quantitative estimate of drug-likeness (QED) is 0.625. The van der Waals surface area contributed by atoms with Gasteiger partial charge >= 0.3 is 6.05 Å². The zero-order chi connectivity index (χ0) is 8.48. The van der Waals surface area contributed by atoms with Crippen molar-refractivity contribution in [3.8, 4) is 0 Å². The summed E-state index contributed by atoms with van der Waals surface area (Å²) in [4.78, 5) is 0. The summed E-state index contributed by atoms with van der Waals surface area (Å²) < 4.78 is 37.0. The summed E-state index contributed by atoms with van der Waals surface area (Å²) in [6.07, 6.45) is 0. The highest BCUT2D eigenvalue weighted by Crippen LogP contribution is 2.23. The van der Waals surface area contributed by atoms with E-state index in [1.54, 1.807) is 0 Å². The highest BCUT2D eigenvalue weighted by atomic mass is 19.3. The molecule has 0 heterocycles. The van der Waals surface area contributed by atoms with Gasteiger partial charge in [0.05, 0.1) is 5.56 Å². The molecule has 0 aromatic heterocycles. The Morgan fingerprint density at radius 3 is 2.09 bits per heavy atom. The van der Waals surface area contributed by atoms with Crippen molar-refractivity contribution in [2.24, 2.45) is 5.73 Å². The molecule has 0 spiro atoms. The lowest BCUT2D eigenvalue weighted by Gasteiger charge is -2.09. The second-order valence-electron chi connectivity index (χ2n) is 2.10. The number of alkyl halides is 2. The van der Waals surface area contributed by atoms with E-state index in [2.05, 4.69) is 5.73 Å². The van der Waals surface area contributed by atoms with Crippen molar-refractivity contribution in [1.29, 1.82) is 0 Å². The molecular formula is C7H6F3N. The van der Waals surface area contributed by atoms with Crippen LogP contribution in [0.15, 0.2) is 24.3 Å². The van der Waals surface area contributed by atoms with Crippen LogP contribution in [0.4, 0.5) is 13.2 Å². The van der Waals surface area contributed by atoms with Crippen LogP contribution in [-0.4, -0.2) is 0 Å². The third-order valence-electron chi connectivity index (χ3n) is 1.23. The third kappa shape index (κ3) is 1.71. The fourth-order valence-electron chi connectivity index (χ4n) is 0.732. The molecule has 0 fully saturated rings. The van der Waals surface area contributed by atoms with Crippen LogP contribution in [0.25, 0.3) is 0 Å². The van der Waals surface area contributed by atoms with Gasteiger partial charge in [-0.2, -0.15) is 8.78 Å². The second kappa shape index (κ2) is 2.54. The lowest BCUT2D eigenvalue weighted by Crippen LogP contribution is -2.26. The number of nitrogens with two attached hydrogens (primary N) is 1. The molecule has 0 aliphatic heterocycles. The molecule has 2 N–H and O–H groups in total. The van der Waals surface area contributed by atoms with E-state index in [9.17, 15) is 13.2 Å². The molecule has 0 bridgehead atoms. The Balaban J connectivity index is 3.14. The SMILES string of the molecule is NC(F)(F)c1ccccc1F. The summed E-state index contributed by atoms with van der Waals surface area (Å²) in [5.41, 5.74) is 3.61. The summed E-state index contributed by atoms with van der Waals surface area (Å²) in [5.74, 6) is -0.986. The lowest BCUT2D eigenvalue weighted by molar-refractivity contribution is -0.000579. The molecule has 0 saturated carbocycles. The van der Waals surface area contributed by atoms with Gasteiger partial charge in [0.1, 0.15) is 5.82 Å². The molecule has 1 aromatic rings. The summed E-state index contributed by atoms with van der Waals surface area (Å²) >= 11 is 0. The van der Waals surface area contributed by atoms with Crippen LogP contribution in [0, 0.1) is 5.82 Å². The van der Waals surface area contributed by atoms with Crippen LogP contribution in [0.5, 0.6) is 0 Å². The van der Waals surface area contributed by atoms with Crippen molar-refractivity contribution in [3.05, 3.63) is 35.6 Å². The van der Waals surface area contributed by atoms with Gasteiger partial charge in [-0.15, -0.1) is 0 Å². The fraction of sp³-hybridized carbons (Fsp3) is 0.143. The van der Waals surface area contributed by atoms with Gasteiger partial charge in [0.15, 0.2) is 0 Å². The Labute approximate surface area is 61.6 Å². The summed E-state index contributed by atoms with van der Waals surface area (Å²) in [6, 6.07) is 0.931. The maximum absolute atomic E-state index is 12.5. The van der Waals surface area contributed by atoms with Crippen molar-refractivity contribution in [3.63, 3.8) is 0 Å². The van der Waals surface area contributed by atoms with E-state index < -0.39 is 17.4 Å². The van der Waals surface area contributed by atoms with E-state index in [4.69, 9.17) is 0 Å². The maximum atomic E-state index is 12.5. The van der Waals surface area contributed by atoms with Gasteiger partial charge in [0.2, 0.25) is 0 Å². The van der Waals surface area contributed by atoms with E-state index in [1.807, 2.05) is 0 Å². The molecule has 0 radical (unpaired) electrons. The van der Waals surface area contributed by atoms with Gasteiger partial charge < -0.3 is 0 Å². The Morgan fingerprint density at radius 1 is 1.18 bits per heavy atom. The minimum atomic E-state index is -3.59. The Bertz CT molecular complexity index is 254. The molecule has 0 amide bonds. The Morgan fingerprint density at radius 2 is 1.73 bits per heavy atom. The summed E-state index contributed by atoms with van der Waals surface area (Å²) in [6.45, 7) is 0. The minimum absolute atomic E-state index is 0.778. The largest absolute Gasteiger partial charge is 0.329 e. The standard InChI is InChI=1S/C7H6F3N/c8-6-4-2-1-3-5(6)7(9,10)11/h1-4H,11H2. The smallest absolute Gasteiger partial charge is 0.268 e. The normalized spacial score (nSPS) is 11.6. The molecule has 4 heteroatoms. The van der Waals surface area contributed by atoms with Crippen LogP contribution in [-0.2, 0) is 6.05 Å². The number of hydrogen-bond acceptors (Lipinski definition) is 1. The highest BCUT2D eigenvalue weighted by Gasteiger charge is 2.28. The number of halogens is 3. The van der Waals surface area contributed by atoms with E-state index in [1.165, 1.54) is 12.1 Å². The average molecular weight is 161 g/mol. The number of benzene rings is 1. The minimum Gasteiger partial charge on any atom is -0.268 e.